The van der Waals surface area contributed by atoms with Gasteiger partial charge in [-0.3, -0.25) is 4.79 Å². The van der Waals surface area contributed by atoms with Crippen LogP contribution in [0.5, 0.6) is 0 Å². The molecule has 0 aliphatic heterocycles. The largest absolute Gasteiger partial charge is 0.448 e. The quantitative estimate of drug-likeness (QED) is 0.658. The Bertz CT molecular complexity index is 870. The van der Waals surface area contributed by atoms with Crippen molar-refractivity contribution in [2.24, 2.45) is 0 Å². The molecule has 3 aromatic heterocycles. The fourth-order valence-corrected chi connectivity index (χ4v) is 3.63. The van der Waals surface area contributed by atoms with E-state index >= 15 is 0 Å². The number of rotatable bonds is 6. The van der Waals surface area contributed by atoms with E-state index in [9.17, 15) is 9.59 Å². The summed E-state index contributed by atoms with van der Waals surface area (Å²) in [5.41, 5.74) is 0.192. The molecule has 0 radical (unpaired) electrons. The van der Waals surface area contributed by atoms with E-state index in [1.54, 1.807) is 36.6 Å². The smallest absolute Gasteiger partial charge is 0.358 e. The van der Waals surface area contributed by atoms with Crippen molar-refractivity contribution >= 4 is 40.4 Å². The maximum atomic E-state index is 12.3. The molecule has 0 fully saturated rings. The van der Waals surface area contributed by atoms with E-state index in [0.717, 1.165) is 9.88 Å². The topological polar surface area (TPSA) is 94.3 Å². The first kappa shape index (κ1) is 17.3. The first-order valence-corrected chi connectivity index (χ1v) is 9.27. The van der Waals surface area contributed by atoms with Crippen molar-refractivity contribution in [3.05, 3.63) is 40.4 Å². The van der Waals surface area contributed by atoms with Gasteiger partial charge >= 0.3 is 5.97 Å². The number of aryl methyl sites for hydroxylation is 1. The van der Waals surface area contributed by atoms with Crippen molar-refractivity contribution in [1.82, 2.24) is 10.1 Å². The Morgan fingerprint density at radius 3 is 2.88 bits per heavy atom. The zero-order valence-corrected chi connectivity index (χ0v) is 15.1. The molecule has 0 spiro atoms. The summed E-state index contributed by atoms with van der Waals surface area (Å²) in [4.78, 5) is 29.8. The molecule has 1 atom stereocenters. The summed E-state index contributed by atoms with van der Waals surface area (Å²) >= 11 is 2.90. The predicted molar refractivity (Wildman–Crippen MR) is 94.8 cm³/mol. The number of hydrogen-bond acceptors (Lipinski definition) is 8. The van der Waals surface area contributed by atoms with E-state index in [2.05, 4.69) is 15.5 Å². The number of carbonyl (C=O) groups excluding carboxylic acids is 2. The summed E-state index contributed by atoms with van der Waals surface area (Å²) in [7, 11) is 0. The van der Waals surface area contributed by atoms with E-state index in [0.29, 0.717) is 12.2 Å². The molecule has 3 heterocycles. The Labute approximate surface area is 151 Å². The molecule has 25 heavy (non-hydrogen) atoms. The van der Waals surface area contributed by atoms with Gasteiger partial charge in [0.1, 0.15) is 10.8 Å². The van der Waals surface area contributed by atoms with E-state index in [1.807, 2.05) is 17.5 Å². The van der Waals surface area contributed by atoms with Crippen LogP contribution in [0.4, 0.5) is 5.82 Å². The fraction of sp³-hybridized carbons (Fsp3) is 0.250. The lowest BCUT2D eigenvalue weighted by Crippen LogP contribution is -2.32. The summed E-state index contributed by atoms with van der Waals surface area (Å²) in [6.45, 7) is 3.47. The van der Waals surface area contributed by atoms with E-state index in [1.165, 1.54) is 11.3 Å². The third-order valence-electron chi connectivity index (χ3n) is 3.24. The summed E-state index contributed by atoms with van der Waals surface area (Å²) in [6.07, 6.45) is -0.604. The number of carbonyl (C=O) groups is 2. The Balaban J connectivity index is 1.64. The first-order chi connectivity index (χ1) is 12.1. The SMILES string of the molecule is CC[C@@H](OC(=O)c1csc(-c2cccs2)n1)C(=O)Nc1cc(C)on1. The summed E-state index contributed by atoms with van der Waals surface area (Å²) < 4.78 is 10.2. The molecule has 1 N–H and O–H groups in total. The molecule has 0 bridgehead atoms. The molecule has 9 heteroatoms. The molecule has 7 nitrogen and oxygen atoms in total. The number of nitrogens with one attached hydrogen (secondary N) is 1. The van der Waals surface area contributed by atoms with Crippen LogP contribution >= 0.6 is 22.7 Å². The number of hydrogen-bond donors (Lipinski definition) is 1. The molecule has 0 unspecified atom stereocenters. The van der Waals surface area contributed by atoms with Crippen LogP contribution in [0.2, 0.25) is 0 Å². The van der Waals surface area contributed by atoms with Gasteiger partial charge in [-0.15, -0.1) is 22.7 Å². The third kappa shape index (κ3) is 4.12. The lowest BCUT2D eigenvalue weighted by Gasteiger charge is -2.14. The molecular weight excluding hydrogens is 362 g/mol. The zero-order valence-electron chi connectivity index (χ0n) is 13.5. The maximum absolute atomic E-state index is 12.3. The normalized spacial score (nSPS) is 11.9. The second kappa shape index (κ2) is 7.58. The van der Waals surface area contributed by atoms with Crippen molar-refractivity contribution in [2.75, 3.05) is 5.32 Å². The summed E-state index contributed by atoms with van der Waals surface area (Å²) in [5, 5.41) is 10.6. The average Bonchev–Trinajstić information content (AvgIpc) is 3.33. The van der Waals surface area contributed by atoms with Crippen LogP contribution in [0.3, 0.4) is 0 Å². The molecule has 3 rings (SSSR count). The van der Waals surface area contributed by atoms with Gasteiger partial charge < -0.3 is 14.6 Å². The highest BCUT2D eigenvalue weighted by Crippen LogP contribution is 2.28. The number of amides is 1. The minimum atomic E-state index is -0.934. The lowest BCUT2D eigenvalue weighted by atomic mass is 10.2. The Kier molecular flexibility index (Phi) is 5.25. The number of ether oxygens (including phenoxy) is 1. The molecular formula is C16H15N3O4S2. The second-order valence-electron chi connectivity index (χ2n) is 5.13. The van der Waals surface area contributed by atoms with Crippen LogP contribution in [0.25, 0.3) is 9.88 Å². The van der Waals surface area contributed by atoms with Crippen LogP contribution < -0.4 is 5.32 Å². The van der Waals surface area contributed by atoms with Crippen LogP contribution in [-0.2, 0) is 9.53 Å². The fourth-order valence-electron chi connectivity index (χ4n) is 2.02. The standard InChI is InChI=1S/C16H15N3O4S2/c1-3-11(14(20)18-13-7-9(2)23-19-13)22-16(21)10-8-25-15(17-10)12-5-4-6-24-12/h4-8,11H,3H2,1-2H3,(H,18,19,20)/t11-/m1/s1. The Morgan fingerprint density at radius 1 is 1.40 bits per heavy atom. The zero-order chi connectivity index (χ0) is 17.8. The highest BCUT2D eigenvalue weighted by molar-refractivity contribution is 7.20. The van der Waals surface area contributed by atoms with Gasteiger partial charge in [0, 0.05) is 11.4 Å². The van der Waals surface area contributed by atoms with Crippen LogP contribution in [0.15, 0.2) is 33.5 Å². The number of thiophene rings is 1. The van der Waals surface area contributed by atoms with Crippen LogP contribution in [0, 0.1) is 6.92 Å². The molecule has 3 aromatic rings. The van der Waals surface area contributed by atoms with Gasteiger partial charge in [-0.05, 0) is 24.8 Å². The van der Waals surface area contributed by atoms with Gasteiger partial charge in [0.05, 0.1) is 4.88 Å². The van der Waals surface area contributed by atoms with Crippen molar-refractivity contribution in [1.29, 1.82) is 0 Å². The Hall–Kier alpha value is -2.52. The van der Waals surface area contributed by atoms with Gasteiger partial charge in [-0.1, -0.05) is 18.1 Å². The molecule has 0 aliphatic rings. The number of thiazole rings is 1. The van der Waals surface area contributed by atoms with Gasteiger partial charge in [-0.25, -0.2) is 9.78 Å². The number of anilines is 1. The van der Waals surface area contributed by atoms with Crippen molar-refractivity contribution in [3.8, 4) is 9.88 Å². The molecule has 0 saturated heterocycles. The molecule has 130 valence electrons. The van der Waals surface area contributed by atoms with Gasteiger partial charge in [0.25, 0.3) is 5.91 Å². The maximum Gasteiger partial charge on any atom is 0.358 e. The van der Waals surface area contributed by atoms with Gasteiger partial charge in [0.15, 0.2) is 17.6 Å². The highest BCUT2D eigenvalue weighted by atomic mass is 32.1. The van der Waals surface area contributed by atoms with E-state index in [-0.39, 0.29) is 11.5 Å². The van der Waals surface area contributed by atoms with Crippen molar-refractivity contribution in [3.63, 3.8) is 0 Å². The molecule has 0 aromatic carbocycles. The number of esters is 1. The second-order valence-corrected chi connectivity index (χ2v) is 6.94. The highest BCUT2D eigenvalue weighted by Gasteiger charge is 2.24. The van der Waals surface area contributed by atoms with E-state index in [4.69, 9.17) is 9.26 Å². The summed E-state index contributed by atoms with van der Waals surface area (Å²) in [6, 6.07) is 5.43. The minimum Gasteiger partial charge on any atom is -0.448 e. The first-order valence-electron chi connectivity index (χ1n) is 7.51. The van der Waals surface area contributed by atoms with Crippen LogP contribution in [-0.4, -0.2) is 28.1 Å². The molecule has 1 amide bonds. The average molecular weight is 377 g/mol. The van der Waals surface area contributed by atoms with Crippen LogP contribution in [0.1, 0.15) is 29.6 Å². The Morgan fingerprint density at radius 2 is 2.24 bits per heavy atom. The van der Waals surface area contributed by atoms with Crippen molar-refractivity contribution < 1.29 is 18.8 Å². The number of aromatic nitrogens is 2. The van der Waals surface area contributed by atoms with E-state index < -0.39 is 18.0 Å². The molecule has 0 saturated carbocycles. The lowest BCUT2D eigenvalue weighted by molar-refractivity contribution is -0.124. The van der Waals surface area contributed by atoms with Crippen molar-refractivity contribution in [2.45, 2.75) is 26.4 Å². The predicted octanol–water partition coefficient (Wildman–Crippen LogP) is 3.74. The summed E-state index contributed by atoms with van der Waals surface area (Å²) in [5.74, 6) is -0.232. The monoisotopic (exact) mass is 377 g/mol. The third-order valence-corrected chi connectivity index (χ3v) is 5.12. The van der Waals surface area contributed by atoms with Gasteiger partial charge in [0.2, 0.25) is 0 Å². The molecule has 0 aliphatic carbocycles. The number of nitrogens with zero attached hydrogens (tertiary/aromatic N) is 2. The van der Waals surface area contributed by atoms with Gasteiger partial charge in [-0.2, -0.15) is 0 Å². The minimum absolute atomic E-state index is 0.192.